The van der Waals surface area contributed by atoms with Gasteiger partial charge in [-0.3, -0.25) is 0 Å². The molecule has 0 unspecified atom stereocenters. The van der Waals surface area contributed by atoms with E-state index < -0.39 is 0 Å². The second kappa shape index (κ2) is 7.83. The normalized spacial score (nSPS) is 24.9. The molecule has 1 saturated heterocycles. The van der Waals surface area contributed by atoms with Gasteiger partial charge in [0, 0.05) is 12.6 Å². The second-order valence-corrected chi connectivity index (χ2v) is 6.75. The summed E-state index contributed by atoms with van der Waals surface area (Å²) in [6.45, 7) is 2.92. The van der Waals surface area contributed by atoms with Gasteiger partial charge in [0.05, 0.1) is 12.1 Å². The first-order valence-corrected chi connectivity index (χ1v) is 8.67. The Morgan fingerprint density at radius 1 is 1.33 bits per heavy atom. The van der Waals surface area contributed by atoms with E-state index >= 15 is 0 Å². The third-order valence-electron chi connectivity index (χ3n) is 4.49. The molecule has 0 bridgehead atoms. The largest absolute Gasteiger partial charge is 0.491 e. The Kier molecular flexibility index (Phi) is 5.56. The van der Waals surface area contributed by atoms with Gasteiger partial charge in [0.25, 0.3) is 0 Å². The molecule has 2 aliphatic rings. The molecule has 1 aromatic carbocycles. The van der Waals surface area contributed by atoms with Crippen molar-refractivity contribution < 1.29 is 18.7 Å². The van der Waals surface area contributed by atoms with Gasteiger partial charge in [-0.15, -0.1) is 0 Å². The summed E-state index contributed by atoms with van der Waals surface area (Å²) in [5.74, 6) is 0.983. The first kappa shape index (κ1) is 17.0. The lowest BCUT2D eigenvalue weighted by atomic mass is 10.0. The van der Waals surface area contributed by atoms with Crippen molar-refractivity contribution in [3.05, 3.63) is 30.1 Å². The van der Waals surface area contributed by atoms with E-state index in [1.807, 2.05) is 6.92 Å². The molecule has 0 radical (unpaired) electrons. The Labute approximate surface area is 141 Å². The van der Waals surface area contributed by atoms with Crippen LogP contribution in [0.2, 0.25) is 0 Å². The number of amides is 2. The molecule has 1 heterocycles. The fourth-order valence-electron chi connectivity index (χ4n) is 3.00. The van der Waals surface area contributed by atoms with Crippen LogP contribution in [-0.2, 0) is 4.74 Å². The van der Waals surface area contributed by atoms with Crippen molar-refractivity contribution in [2.75, 3.05) is 13.2 Å². The highest BCUT2D eigenvalue weighted by Crippen LogP contribution is 2.38. The average molecular weight is 336 g/mol. The minimum Gasteiger partial charge on any atom is -0.491 e. The van der Waals surface area contributed by atoms with E-state index in [1.165, 1.54) is 25.0 Å². The van der Waals surface area contributed by atoms with Crippen LogP contribution in [0.4, 0.5) is 9.18 Å². The van der Waals surface area contributed by atoms with Gasteiger partial charge in [0.2, 0.25) is 0 Å². The zero-order valence-electron chi connectivity index (χ0n) is 14.0. The highest BCUT2D eigenvalue weighted by Gasteiger charge is 2.36. The quantitative estimate of drug-likeness (QED) is 0.840. The standard InChI is InChI=1S/C18H25FN2O3/c1-12(11-24-16-6-4-14(19)5-7-16)20-18(22)21-15-8-9-23-17(10-15)13-2-3-13/h4-7,12-13,15,17H,2-3,8-11H2,1H3,(H2,20,21,22)/t12-,15-,17-/m1/s1. The van der Waals surface area contributed by atoms with Crippen molar-refractivity contribution in [1.82, 2.24) is 10.6 Å². The number of hydrogen-bond donors (Lipinski definition) is 2. The molecule has 1 saturated carbocycles. The molecule has 1 aliphatic heterocycles. The van der Waals surface area contributed by atoms with Crippen LogP contribution in [0.3, 0.4) is 0 Å². The SMILES string of the molecule is C[C@H](COc1ccc(F)cc1)NC(=O)N[C@@H]1CCO[C@@H](C2CC2)C1. The molecule has 6 heteroatoms. The number of ether oxygens (including phenoxy) is 2. The molecule has 3 rings (SSSR count). The fourth-order valence-corrected chi connectivity index (χ4v) is 3.00. The summed E-state index contributed by atoms with van der Waals surface area (Å²) < 4.78 is 24.1. The van der Waals surface area contributed by atoms with Gasteiger partial charge < -0.3 is 20.1 Å². The van der Waals surface area contributed by atoms with E-state index in [0.29, 0.717) is 24.4 Å². The first-order chi connectivity index (χ1) is 11.6. The number of carbonyl (C=O) groups excluding carboxylic acids is 1. The summed E-state index contributed by atoms with van der Waals surface area (Å²) in [7, 11) is 0. The van der Waals surface area contributed by atoms with E-state index in [-0.39, 0.29) is 23.9 Å². The van der Waals surface area contributed by atoms with Crippen LogP contribution >= 0.6 is 0 Å². The number of nitrogens with one attached hydrogen (secondary N) is 2. The highest BCUT2D eigenvalue weighted by atomic mass is 19.1. The molecule has 0 spiro atoms. The van der Waals surface area contributed by atoms with Gasteiger partial charge >= 0.3 is 6.03 Å². The van der Waals surface area contributed by atoms with Gasteiger partial charge in [-0.1, -0.05) is 0 Å². The van der Waals surface area contributed by atoms with Gasteiger partial charge in [0.1, 0.15) is 18.2 Å². The van der Waals surface area contributed by atoms with E-state index in [2.05, 4.69) is 10.6 Å². The average Bonchev–Trinajstić information content (AvgIpc) is 3.39. The Balaban J connectivity index is 1.36. The van der Waals surface area contributed by atoms with E-state index in [0.717, 1.165) is 19.4 Å². The maximum Gasteiger partial charge on any atom is 0.315 e. The number of hydrogen-bond acceptors (Lipinski definition) is 3. The van der Waals surface area contributed by atoms with Crippen LogP contribution in [0.5, 0.6) is 5.75 Å². The maximum atomic E-state index is 12.8. The summed E-state index contributed by atoms with van der Waals surface area (Å²) >= 11 is 0. The Bertz CT molecular complexity index is 548. The lowest BCUT2D eigenvalue weighted by Gasteiger charge is -2.30. The highest BCUT2D eigenvalue weighted by molar-refractivity contribution is 5.74. The molecular weight excluding hydrogens is 311 g/mol. The van der Waals surface area contributed by atoms with Crippen LogP contribution in [0.1, 0.15) is 32.6 Å². The van der Waals surface area contributed by atoms with E-state index in [1.54, 1.807) is 12.1 Å². The maximum absolute atomic E-state index is 12.8. The van der Waals surface area contributed by atoms with Gasteiger partial charge in [-0.2, -0.15) is 0 Å². The molecule has 132 valence electrons. The molecule has 2 amide bonds. The van der Waals surface area contributed by atoms with E-state index in [9.17, 15) is 9.18 Å². The predicted octanol–water partition coefficient (Wildman–Crippen LogP) is 2.85. The molecule has 3 atom stereocenters. The first-order valence-electron chi connectivity index (χ1n) is 8.67. The monoisotopic (exact) mass is 336 g/mol. The molecule has 1 aromatic rings. The minimum absolute atomic E-state index is 0.144. The van der Waals surface area contributed by atoms with E-state index in [4.69, 9.17) is 9.47 Å². The Morgan fingerprint density at radius 3 is 2.79 bits per heavy atom. The third kappa shape index (κ3) is 5.09. The summed E-state index contributed by atoms with van der Waals surface area (Å²) in [5, 5.41) is 5.91. The second-order valence-electron chi connectivity index (χ2n) is 6.75. The predicted molar refractivity (Wildman–Crippen MR) is 88.5 cm³/mol. The molecule has 5 nitrogen and oxygen atoms in total. The van der Waals surface area contributed by atoms with Crippen LogP contribution in [0, 0.1) is 11.7 Å². The summed E-state index contributed by atoms with van der Waals surface area (Å²) in [5.41, 5.74) is 0. The van der Waals surface area contributed by atoms with Crippen molar-refractivity contribution in [2.24, 2.45) is 5.92 Å². The zero-order valence-corrected chi connectivity index (χ0v) is 14.0. The fraction of sp³-hybridized carbons (Fsp3) is 0.611. The third-order valence-corrected chi connectivity index (χ3v) is 4.49. The molecule has 2 fully saturated rings. The Hall–Kier alpha value is -1.82. The number of rotatable bonds is 6. The van der Waals surface area contributed by atoms with Crippen molar-refractivity contribution in [3.8, 4) is 5.75 Å². The Morgan fingerprint density at radius 2 is 2.08 bits per heavy atom. The molecule has 0 aromatic heterocycles. The molecule has 1 aliphatic carbocycles. The smallest absolute Gasteiger partial charge is 0.315 e. The molecule has 24 heavy (non-hydrogen) atoms. The van der Waals surface area contributed by atoms with Crippen molar-refractivity contribution >= 4 is 6.03 Å². The van der Waals surface area contributed by atoms with Crippen LogP contribution in [-0.4, -0.2) is 37.4 Å². The van der Waals surface area contributed by atoms with Gasteiger partial charge in [-0.25, -0.2) is 9.18 Å². The topological polar surface area (TPSA) is 59.6 Å². The van der Waals surface area contributed by atoms with Crippen LogP contribution in [0.25, 0.3) is 0 Å². The number of halogens is 1. The lowest BCUT2D eigenvalue weighted by molar-refractivity contribution is -0.00919. The van der Waals surface area contributed by atoms with Crippen LogP contribution < -0.4 is 15.4 Å². The number of benzene rings is 1. The van der Waals surface area contributed by atoms with Gasteiger partial charge in [-0.05, 0) is 62.8 Å². The lowest BCUT2D eigenvalue weighted by Crippen LogP contribution is -2.49. The number of urea groups is 1. The minimum atomic E-state index is -0.297. The van der Waals surface area contributed by atoms with Crippen molar-refractivity contribution in [1.29, 1.82) is 0 Å². The van der Waals surface area contributed by atoms with Gasteiger partial charge in [0.15, 0.2) is 0 Å². The zero-order chi connectivity index (χ0) is 16.9. The summed E-state index contributed by atoms with van der Waals surface area (Å²) in [6, 6.07) is 5.70. The summed E-state index contributed by atoms with van der Waals surface area (Å²) in [6.07, 6.45) is 4.57. The van der Waals surface area contributed by atoms with Crippen LogP contribution in [0.15, 0.2) is 24.3 Å². The molecule has 2 N–H and O–H groups in total. The molecular formula is C18H25FN2O3. The number of carbonyl (C=O) groups is 1. The van der Waals surface area contributed by atoms with Crippen molar-refractivity contribution in [3.63, 3.8) is 0 Å². The summed E-state index contributed by atoms with van der Waals surface area (Å²) in [4.78, 5) is 12.1. The van der Waals surface area contributed by atoms with Crippen molar-refractivity contribution in [2.45, 2.75) is 50.8 Å².